The van der Waals surface area contributed by atoms with E-state index in [-0.39, 0.29) is 23.7 Å². The Morgan fingerprint density at radius 2 is 1.81 bits per heavy atom. The summed E-state index contributed by atoms with van der Waals surface area (Å²) in [6.07, 6.45) is 2.78. The first kappa shape index (κ1) is 18.9. The predicted octanol–water partition coefficient (Wildman–Crippen LogP) is 1.49. The molecule has 0 aromatic rings. The van der Waals surface area contributed by atoms with Gasteiger partial charge in [0.1, 0.15) is 5.60 Å². The van der Waals surface area contributed by atoms with Crippen LogP contribution >= 0.6 is 0 Å². The standard InChI is InChI=1S/C21H34O5/c1-11-14-6-5-13-12(10-26-4)8-20(14,18(13)24)9-17(23)21(25)15(11)7-16(22)19(21,2)3/h8,11,13-18,22-25H,5-7,9-10H2,1-4H3/t11-,13-,14-,15-,16-,17+,18+,20+,21-/m0/s1. The normalized spacial score (nSPS) is 55.1. The molecule has 0 unspecified atom stereocenters. The average Bonchev–Trinajstić information content (AvgIpc) is 2.82. The Kier molecular flexibility index (Phi) is 4.19. The van der Waals surface area contributed by atoms with Gasteiger partial charge >= 0.3 is 0 Å². The summed E-state index contributed by atoms with van der Waals surface area (Å²) in [7, 11) is 1.67. The second kappa shape index (κ2) is 5.77. The first-order chi connectivity index (χ1) is 12.1. The third-order valence-electron chi connectivity index (χ3n) is 8.88. The molecular weight excluding hydrogens is 332 g/mol. The molecule has 0 saturated heterocycles. The molecule has 5 nitrogen and oxygen atoms in total. The van der Waals surface area contributed by atoms with Crippen molar-refractivity contribution in [1.29, 1.82) is 0 Å². The molecule has 2 bridgehead atoms. The monoisotopic (exact) mass is 366 g/mol. The van der Waals surface area contributed by atoms with Crippen molar-refractivity contribution in [3.8, 4) is 0 Å². The van der Waals surface area contributed by atoms with Crippen molar-refractivity contribution in [2.45, 2.75) is 70.4 Å². The van der Waals surface area contributed by atoms with Crippen LogP contribution in [0.1, 0.15) is 46.5 Å². The number of hydrogen-bond donors (Lipinski definition) is 4. The van der Waals surface area contributed by atoms with Gasteiger partial charge in [0.15, 0.2) is 0 Å². The third kappa shape index (κ3) is 2.04. The van der Waals surface area contributed by atoms with Crippen molar-refractivity contribution in [3.63, 3.8) is 0 Å². The topological polar surface area (TPSA) is 90.2 Å². The van der Waals surface area contributed by atoms with Crippen LogP contribution in [0.3, 0.4) is 0 Å². The fraction of sp³-hybridized carbons (Fsp3) is 0.905. The van der Waals surface area contributed by atoms with Crippen LogP contribution in [-0.4, -0.2) is 58.1 Å². The molecule has 0 radical (unpaired) electrons. The van der Waals surface area contributed by atoms with E-state index in [0.717, 1.165) is 18.4 Å². The third-order valence-corrected chi connectivity index (χ3v) is 8.88. The van der Waals surface area contributed by atoms with Crippen molar-refractivity contribution in [2.75, 3.05) is 13.7 Å². The number of aliphatic hydroxyl groups excluding tert-OH is 3. The van der Waals surface area contributed by atoms with Gasteiger partial charge in [-0.05, 0) is 49.0 Å². The van der Waals surface area contributed by atoms with Crippen LogP contribution in [0.5, 0.6) is 0 Å². The highest BCUT2D eigenvalue weighted by molar-refractivity contribution is 5.32. The predicted molar refractivity (Wildman–Crippen MR) is 97.2 cm³/mol. The van der Waals surface area contributed by atoms with Gasteiger partial charge in [0.25, 0.3) is 0 Å². The van der Waals surface area contributed by atoms with E-state index in [4.69, 9.17) is 4.74 Å². The van der Waals surface area contributed by atoms with Gasteiger partial charge in [-0.1, -0.05) is 26.8 Å². The fourth-order valence-corrected chi connectivity index (χ4v) is 7.33. The Morgan fingerprint density at radius 1 is 1.12 bits per heavy atom. The Balaban J connectivity index is 1.82. The molecule has 3 fully saturated rings. The van der Waals surface area contributed by atoms with Crippen molar-refractivity contribution in [1.82, 2.24) is 0 Å². The molecule has 0 aromatic carbocycles. The molecule has 148 valence electrons. The largest absolute Gasteiger partial charge is 0.392 e. The van der Waals surface area contributed by atoms with Gasteiger partial charge in [-0.3, -0.25) is 0 Å². The summed E-state index contributed by atoms with van der Waals surface area (Å²) in [4.78, 5) is 0. The first-order valence-corrected chi connectivity index (χ1v) is 10.1. The van der Waals surface area contributed by atoms with Crippen LogP contribution < -0.4 is 0 Å². The van der Waals surface area contributed by atoms with E-state index in [2.05, 4.69) is 13.0 Å². The van der Waals surface area contributed by atoms with Gasteiger partial charge in [-0.25, -0.2) is 0 Å². The molecule has 5 heteroatoms. The Bertz CT molecular complexity index is 616. The maximum absolute atomic E-state index is 11.7. The average molecular weight is 366 g/mol. The SMILES string of the molecule is COCC1=C[C@@]23C[C@@H](O)[C@@]4(O)[C@@H](C[C@H](O)C4(C)C)[C@@H](C)[C@@H]2CC[C@@H]1[C@H]3O. The number of aliphatic hydroxyl groups is 4. The van der Waals surface area contributed by atoms with Gasteiger partial charge in [0.2, 0.25) is 0 Å². The maximum atomic E-state index is 11.7. The summed E-state index contributed by atoms with van der Waals surface area (Å²) in [5.41, 5.74) is -1.49. The lowest BCUT2D eigenvalue weighted by Gasteiger charge is -2.47. The lowest BCUT2D eigenvalue weighted by atomic mass is 9.59. The van der Waals surface area contributed by atoms with Crippen molar-refractivity contribution < 1.29 is 25.2 Å². The number of fused-ring (bicyclic) bond motifs is 2. The molecule has 0 aliphatic heterocycles. The summed E-state index contributed by atoms with van der Waals surface area (Å²) in [6, 6.07) is 0. The molecule has 26 heavy (non-hydrogen) atoms. The Morgan fingerprint density at radius 3 is 2.46 bits per heavy atom. The quantitative estimate of drug-likeness (QED) is 0.556. The minimum Gasteiger partial charge on any atom is -0.392 e. The second-order valence-electron chi connectivity index (χ2n) is 9.98. The van der Waals surface area contributed by atoms with Gasteiger partial charge in [0.05, 0.1) is 24.9 Å². The zero-order chi connectivity index (χ0) is 19.1. The number of rotatable bonds is 2. The molecule has 4 rings (SSSR count). The van der Waals surface area contributed by atoms with E-state index < -0.39 is 34.7 Å². The van der Waals surface area contributed by atoms with E-state index in [1.807, 2.05) is 13.8 Å². The molecule has 0 heterocycles. The second-order valence-corrected chi connectivity index (χ2v) is 9.98. The summed E-state index contributed by atoms with van der Waals surface area (Å²) in [5.74, 6) is 0.229. The molecular formula is C21H34O5. The fourth-order valence-electron chi connectivity index (χ4n) is 7.33. The van der Waals surface area contributed by atoms with Crippen LogP contribution in [0.2, 0.25) is 0 Å². The molecule has 0 aromatic heterocycles. The van der Waals surface area contributed by atoms with Gasteiger partial charge in [0, 0.05) is 23.9 Å². The van der Waals surface area contributed by atoms with Crippen LogP contribution in [0.15, 0.2) is 11.6 Å². The van der Waals surface area contributed by atoms with Gasteiger partial charge in [-0.15, -0.1) is 0 Å². The molecule has 4 aliphatic rings. The van der Waals surface area contributed by atoms with E-state index >= 15 is 0 Å². The Labute approximate surface area is 156 Å². The number of methoxy groups -OCH3 is 1. The van der Waals surface area contributed by atoms with Crippen LogP contribution in [0.25, 0.3) is 0 Å². The zero-order valence-electron chi connectivity index (χ0n) is 16.4. The summed E-state index contributed by atoms with van der Waals surface area (Å²) in [5, 5.41) is 44.8. The molecule has 3 saturated carbocycles. The summed E-state index contributed by atoms with van der Waals surface area (Å²) >= 11 is 0. The maximum Gasteiger partial charge on any atom is 0.101 e. The van der Waals surface area contributed by atoms with E-state index in [9.17, 15) is 20.4 Å². The van der Waals surface area contributed by atoms with E-state index in [0.29, 0.717) is 19.4 Å². The first-order valence-electron chi connectivity index (χ1n) is 10.1. The summed E-state index contributed by atoms with van der Waals surface area (Å²) in [6.45, 7) is 6.38. The Hall–Kier alpha value is -0.460. The van der Waals surface area contributed by atoms with Gasteiger partial charge < -0.3 is 25.2 Å². The molecule has 1 spiro atoms. The van der Waals surface area contributed by atoms with Crippen LogP contribution in [-0.2, 0) is 4.74 Å². The molecule has 4 aliphatic carbocycles. The number of ether oxygens (including phenoxy) is 1. The van der Waals surface area contributed by atoms with Crippen molar-refractivity contribution in [2.24, 2.45) is 34.5 Å². The van der Waals surface area contributed by atoms with Gasteiger partial charge in [-0.2, -0.15) is 0 Å². The highest BCUT2D eigenvalue weighted by atomic mass is 16.5. The molecule has 9 atom stereocenters. The summed E-state index contributed by atoms with van der Waals surface area (Å²) < 4.78 is 5.36. The van der Waals surface area contributed by atoms with Crippen LogP contribution in [0, 0.1) is 34.5 Å². The highest BCUT2D eigenvalue weighted by Gasteiger charge is 2.70. The number of hydrogen-bond acceptors (Lipinski definition) is 5. The van der Waals surface area contributed by atoms with Crippen molar-refractivity contribution in [3.05, 3.63) is 11.6 Å². The van der Waals surface area contributed by atoms with Crippen molar-refractivity contribution >= 4 is 0 Å². The van der Waals surface area contributed by atoms with E-state index in [1.54, 1.807) is 7.11 Å². The molecule has 4 N–H and O–H groups in total. The molecule has 0 amide bonds. The van der Waals surface area contributed by atoms with E-state index in [1.165, 1.54) is 0 Å². The minimum atomic E-state index is -1.34. The van der Waals surface area contributed by atoms with Crippen LogP contribution in [0.4, 0.5) is 0 Å². The smallest absolute Gasteiger partial charge is 0.101 e. The minimum absolute atomic E-state index is 0.0942. The lowest BCUT2D eigenvalue weighted by molar-refractivity contribution is -0.177. The zero-order valence-corrected chi connectivity index (χ0v) is 16.4. The lowest BCUT2D eigenvalue weighted by Crippen LogP contribution is -2.57. The highest BCUT2D eigenvalue weighted by Crippen LogP contribution is 2.66.